The molecule has 0 atom stereocenters. The molecule has 0 saturated heterocycles. The first-order valence-electron chi connectivity index (χ1n) is 7.47. The molecule has 7 heteroatoms. The lowest BCUT2D eigenvalue weighted by Crippen LogP contribution is -2.03. The van der Waals surface area contributed by atoms with E-state index < -0.39 is 5.97 Å². The molecule has 0 saturated carbocycles. The van der Waals surface area contributed by atoms with Crippen molar-refractivity contribution in [2.75, 3.05) is 0 Å². The zero-order valence-corrected chi connectivity index (χ0v) is 13.8. The van der Waals surface area contributed by atoms with Crippen LogP contribution in [0.1, 0.15) is 16.1 Å². The average molecular weight is 354 g/mol. The molecule has 4 rings (SSSR count). The number of pyridine rings is 2. The van der Waals surface area contributed by atoms with E-state index in [0.717, 1.165) is 21.8 Å². The van der Waals surface area contributed by atoms with Crippen LogP contribution in [0.2, 0.25) is 5.02 Å². The Morgan fingerprint density at radius 2 is 1.96 bits per heavy atom. The van der Waals surface area contributed by atoms with Crippen LogP contribution in [0.5, 0.6) is 11.6 Å². The minimum Gasteiger partial charge on any atom is -0.477 e. The number of hydrogen-bond donors (Lipinski definition) is 2. The van der Waals surface area contributed by atoms with Gasteiger partial charge in [-0.25, -0.2) is 14.8 Å². The summed E-state index contributed by atoms with van der Waals surface area (Å²) >= 11 is 5.85. The van der Waals surface area contributed by atoms with E-state index in [4.69, 9.17) is 16.3 Å². The first-order valence-corrected chi connectivity index (χ1v) is 7.85. The molecule has 0 unspecified atom stereocenters. The fourth-order valence-electron chi connectivity index (χ4n) is 2.90. The number of ether oxygens (including phenoxy) is 1. The zero-order valence-electron chi connectivity index (χ0n) is 13.1. The van der Waals surface area contributed by atoms with E-state index >= 15 is 0 Å². The molecule has 3 aromatic heterocycles. The highest BCUT2D eigenvalue weighted by Crippen LogP contribution is 2.37. The molecule has 25 heavy (non-hydrogen) atoms. The van der Waals surface area contributed by atoms with Crippen molar-refractivity contribution in [3.05, 3.63) is 59.0 Å². The van der Waals surface area contributed by atoms with Gasteiger partial charge in [-0.2, -0.15) is 0 Å². The number of nitrogens with zero attached hydrogens (tertiary/aromatic N) is 2. The molecule has 2 N–H and O–H groups in total. The van der Waals surface area contributed by atoms with Crippen LogP contribution in [0.15, 0.2) is 42.7 Å². The highest BCUT2D eigenvalue weighted by molar-refractivity contribution is 6.30. The van der Waals surface area contributed by atoms with E-state index in [1.807, 2.05) is 18.2 Å². The number of aromatic amines is 1. The van der Waals surface area contributed by atoms with Crippen molar-refractivity contribution in [3.63, 3.8) is 0 Å². The smallest absolute Gasteiger partial charge is 0.354 e. The van der Waals surface area contributed by atoms with Gasteiger partial charge < -0.3 is 14.8 Å². The largest absolute Gasteiger partial charge is 0.477 e. The van der Waals surface area contributed by atoms with Gasteiger partial charge in [0, 0.05) is 17.6 Å². The van der Waals surface area contributed by atoms with Crippen molar-refractivity contribution in [2.24, 2.45) is 0 Å². The van der Waals surface area contributed by atoms with Crippen LogP contribution in [0, 0.1) is 6.92 Å². The number of aryl methyl sites for hydroxylation is 1. The highest BCUT2D eigenvalue weighted by atomic mass is 35.5. The number of rotatable bonds is 3. The maximum atomic E-state index is 11.4. The number of carboxylic acid groups (broad SMARTS) is 1. The van der Waals surface area contributed by atoms with E-state index in [0.29, 0.717) is 22.2 Å². The lowest BCUT2D eigenvalue weighted by molar-refractivity contribution is 0.0690. The summed E-state index contributed by atoms with van der Waals surface area (Å²) < 4.78 is 5.91. The van der Waals surface area contributed by atoms with Crippen LogP contribution in [0.3, 0.4) is 0 Å². The number of aromatic carboxylic acids is 1. The van der Waals surface area contributed by atoms with E-state index in [9.17, 15) is 9.90 Å². The summed E-state index contributed by atoms with van der Waals surface area (Å²) in [5, 5.41) is 11.4. The topological polar surface area (TPSA) is 88.1 Å². The molecule has 124 valence electrons. The second-order valence-electron chi connectivity index (χ2n) is 5.55. The molecular formula is C18H12ClN3O3. The maximum Gasteiger partial charge on any atom is 0.354 e. The average Bonchev–Trinajstić information content (AvgIpc) is 2.97. The number of carboxylic acids is 1. The Morgan fingerprint density at radius 3 is 2.68 bits per heavy atom. The van der Waals surface area contributed by atoms with Crippen molar-refractivity contribution < 1.29 is 14.6 Å². The van der Waals surface area contributed by atoms with Crippen LogP contribution in [0.4, 0.5) is 0 Å². The van der Waals surface area contributed by atoms with E-state index in [-0.39, 0.29) is 5.69 Å². The molecule has 0 fully saturated rings. The summed E-state index contributed by atoms with van der Waals surface area (Å²) in [6.07, 6.45) is 3.03. The minimum absolute atomic E-state index is 0.0211. The van der Waals surface area contributed by atoms with E-state index in [2.05, 4.69) is 15.0 Å². The summed E-state index contributed by atoms with van der Waals surface area (Å²) in [7, 11) is 0. The van der Waals surface area contributed by atoms with Gasteiger partial charge in [0.2, 0.25) is 5.88 Å². The van der Waals surface area contributed by atoms with Gasteiger partial charge >= 0.3 is 5.97 Å². The molecule has 0 bridgehead atoms. The van der Waals surface area contributed by atoms with Crippen LogP contribution < -0.4 is 4.74 Å². The monoisotopic (exact) mass is 353 g/mol. The molecule has 1 aromatic carbocycles. The minimum atomic E-state index is -1.06. The van der Waals surface area contributed by atoms with Crippen molar-refractivity contribution >= 4 is 39.4 Å². The zero-order chi connectivity index (χ0) is 17.6. The Balaban J connectivity index is 1.96. The van der Waals surface area contributed by atoms with Gasteiger partial charge in [0.25, 0.3) is 0 Å². The predicted octanol–water partition coefficient (Wildman–Crippen LogP) is 4.56. The van der Waals surface area contributed by atoms with Gasteiger partial charge in [-0.15, -0.1) is 0 Å². The number of H-pyrrole nitrogens is 1. The van der Waals surface area contributed by atoms with Gasteiger partial charge in [-0.1, -0.05) is 17.7 Å². The molecule has 0 amide bonds. The lowest BCUT2D eigenvalue weighted by atomic mass is 10.1. The van der Waals surface area contributed by atoms with Crippen LogP contribution in [-0.2, 0) is 0 Å². The Kier molecular flexibility index (Phi) is 3.54. The number of fused-ring (bicyclic) bond motifs is 3. The quantitative estimate of drug-likeness (QED) is 0.563. The van der Waals surface area contributed by atoms with E-state index in [1.165, 1.54) is 12.4 Å². The van der Waals surface area contributed by atoms with Crippen LogP contribution in [-0.4, -0.2) is 26.0 Å². The number of benzene rings is 1. The Bertz CT molecular complexity index is 1120. The highest BCUT2D eigenvalue weighted by Gasteiger charge is 2.18. The second-order valence-corrected chi connectivity index (χ2v) is 5.98. The molecule has 6 nitrogen and oxygen atoms in total. The van der Waals surface area contributed by atoms with E-state index in [1.54, 1.807) is 19.1 Å². The third-order valence-corrected chi connectivity index (χ3v) is 4.21. The van der Waals surface area contributed by atoms with Gasteiger partial charge in [0.1, 0.15) is 5.75 Å². The van der Waals surface area contributed by atoms with Crippen LogP contribution in [0.25, 0.3) is 21.8 Å². The van der Waals surface area contributed by atoms with Crippen LogP contribution >= 0.6 is 11.6 Å². The number of nitrogens with one attached hydrogen (secondary N) is 1. The van der Waals surface area contributed by atoms with Gasteiger partial charge in [-0.05, 0) is 30.7 Å². The number of carbonyl (C=O) groups is 1. The first-order chi connectivity index (χ1) is 12.0. The SMILES string of the molecule is Cc1c(C(=O)O)ncc2[nH]c3cccc(Oc4ccc(Cl)cn4)c3c12. The molecular weight excluding hydrogens is 342 g/mol. The number of aromatic nitrogens is 3. The summed E-state index contributed by atoms with van der Waals surface area (Å²) in [4.78, 5) is 22.8. The fourth-order valence-corrected chi connectivity index (χ4v) is 3.01. The number of hydrogen-bond acceptors (Lipinski definition) is 4. The Hall–Kier alpha value is -3.12. The Labute approximate surface area is 147 Å². The molecule has 0 spiro atoms. The second kappa shape index (κ2) is 5.75. The van der Waals surface area contributed by atoms with Crippen molar-refractivity contribution in [2.45, 2.75) is 6.92 Å². The maximum absolute atomic E-state index is 11.4. The molecule has 0 radical (unpaired) electrons. The van der Waals surface area contributed by atoms with Crippen molar-refractivity contribution in [1.82, 2.24) is 15.0 Å². The molecule has 0 aliphatic rings. The Morgan fingerprint density at radius 1 is 1.12 bits per heavy atom. The number of halogens is 1. The molecule has 3 heterocycles. The lowest BCUT2D eigenvalue weighted by Gasteiger charge is -2.08. The molecule has 0 aliphatic carbocycles. The summed E-state index contributed by atoms with van der Waals surface area (Å²) in [5.41, 5.74) is 2.18. The summed E-state index contributed by atoms with van der Waals surface area (Å²) in [6.45, 7) is 1.74. The van der Waals surface area contributed by atoms with Gasteiger partial charge in [-0.3, -0.25) is 0 Å². The van der Waals surface area contributed by atoms with Crippen molar-refractivity contribution in [3.8, 4) is 11.6 Å². The normalized spacial score (nSPS) is 11.1. The standard InChI is InChI=1S/C18H12ClN3O3/c1-9-15-12(8-21-17(9)18(23)24)22-11-3-2-4-13(16(11)15)25-14-6-5-10(19)7-20-14/h2-8,22H,1H3,(H,23,24). The van der Waals surface area contributed by atoms with Gasteiger partial charge in [0.15, 0.2) is 5.69 Å². The molecule has 0 aliphatic heterocycles. The molecule has 4 aromatic rings. The fraction of sp³-hybridized carbons (Fsp3) is 0.0556. The van der Waals surface area contributed by atoms with Crippen molar-refractivity contribution in [1.29, 1.82) is 0 Å². The summed E-state index contributed by atoms with van der Waals surface area (Å²) in [6, 6.07) is 8.93. The first kappa shape index (κ1) is 15.4. The van der Waals surface area contributed by atoms with Gasteiger partial charge in [0.05, 0.1) is 27.6 Å². The predicted molar refractivity (Wildman–Crippen MR) is 94.6 cm³/mol. The third-order valence-electron chi connectivity index (χ3n) is 3.99. The third kappa shape index (κ3) is 2.56. The summed E-state index contributed by atoms with van der Waals surface area (Å²) in [5.74, 6) is -0.0906.